The Morgan fingerprint density at radius 3 is 2.58 bits per heavy atom. The molecular weight excluding hydrogens is 320 g/mol. The zero-order valence-electron chi connectivity index (χ0n) is 17.1. The van der Waals surface area contributed by atoms with Crippen LogP contribution in [0, 0.1) is 0 Å². The van der Waals surface area contributed by atoms with Crippen molar-refractivity contribution in [2.45, 2.75) is 26.7 Å². The van der Waals surface area contributed by atoms with Crippen LogP contribution >= 0.6 is 0 Å². The molecule has 4 nitrogen and oxygen atoms in total. The maximum atomic E-state index is 4.40. The zero-order valence-corrected chi connectivity index (χ0v) is 17.1. The van der Waals surface area contributed by atoms with Crippen LogP contribution in [0.15, 0.2) is 63.6 Å². The molecule has 0 atom stereocenters. The van der Waals surface area contributed by atoms with Crippen molar-refractivity contribution in [3.05, 3.63) is 58.6 Å². The maximum absolute atomic E-state index is 4.40. The third kappa shape index (κ3) is 5.21. The lowest BCUT2D eigenvalue weighted by Gasteiger charge is -2.25. The van der Waals surface area contributed by atoms with Crippen LogP contribution in [0.2, 0.25) is 0 Å². The largest absolute Gasteiger partial charge is 0.381 e. The molecule has 1 fully saturated rings. The molecule has 0 amide bonds. The van der Waals surface area contributed by atoms with E-state index in [2.05, 4.69) is 91.8 Å². The van der Waals surface area contributed by atoms with Crippen molar-refractivity contribution in [2.24, 2.45) is 4.99 Å². The van der Waals surface area contributed by atoms with Gasteiger partial charge in [0.1, 0.15) is 5.82 Å². The standard InChI is InChI=1S/C22H34N4/c1-18-11-8-7-9-12-20(18)21(19(2)24(4)5)17-22(23-3)26-14-10-13-25(6)15-16-26/h8-9,11-12,17H,3,7,10,13-16H2,1-2,4-6H3/b21-19-,22-17+. The van der Waals surface area contributed by atoms with Crippen molar-refractivity contribution in [1.29, 1.82) is 0 Å². The van der Waals surface area contributed by atoms with Crippen molar-refractivity contribution in [3.8, 4) is 0 Å². The summed E-state index contributed by atoms with van der Waals surface area (Å²) in [5, 5.41) is 0. The summed E-state index contributed by atoms with van der Waals surface area (Å²) < 4.78 is 0. The van der Waals surface area contributed by atoms with Gasteiger partial charge in [-0.15, -0.1) is 0 Å². The Morgan fingerprint density at radius 2 is 1.88 bits per heavy atom. The summed E-state index contributed by atoms with van der Waals surface area (Å²) in [5.41, 5.74) is 4.99. The van der Waals surface area contributed by atoms with Crippen LogP contribution in [-0.4, -0.2) is 68.7 Å². The second-order valence-electron chi connectivity index (χ2n) is 7.34. The van der Waals surface area contributed by atoms with Crippen molar-refractivity contribution in [3.63, 3.8) is 0 Å². The van der Waals surface area contributed by atoms with Crippen LogP contribution in [0.1, 0.15) is 26.7 Å². The van der Waals surface area contributed by atoms with Gasteiger partial charge in [0, 0.05) is 45.0 Å². The van der Waals surface area contributed by atoms with E-state index in [1.165, 1.54) is 22.4 Å². The predicted octanol–water partition coefficient (Wildman–Crippen LogP) is 3.83. The van der Waals surface area contributed by atoms with Crippen LogP contribution in [-0.2, 0) is 0 Å². The molecule has 26 heavy (non-hydrogen) atoms. The van der Waals surface area contributed by atoms with Gasteiger partial charge in [-0.25, -0.2) is 4.99 Å². The van der Waals surface area contributed by atoms with Crippen LogP contribution in [0.4, 0.5) is 0 Å². The van der Waals surface area contributed by atoms with Gasteiger partial charge in [0.2, 0.25) is 0 Å². The minimum atomic E-state index is 0.971. The lowest BCUT2D eigenvalue weighted by atomic mass is 9.98. The number of allylic oxidation sites excluding steroid dienone is 9. The lowest BCUT2D eigenvalue weighted by Crippen LogP contribution is -2.28. The number of hydrogen-bond donors (Lipinski definition) is 0. The van der Waals surface area contributed by atoms with Gasteiger partial charge in [-0.2, -0.15) is 0 Å². The van der Waals surface area contributed by atoms with E-state index < -0.39 is 0 Å². The third-order valence-electron chi connectivity index (χ3n) is 5.18. The first-order chi connectivity index (χ1) is 12.4. The summed E-state index contributed by atoms with van der Waals surface area (Å²) in [4.78, 5) is 11.3. The Balaban J connectivity index is 2.48. The molecule has 142 valence electrons. The van der Waals surface area contributed by atoms with Crippen LogP contribution in [0.25, 0.3) is 0 Å². The van der Waals surface area contributed by atoms with Crippen molar-refractivity contribution in [2.75, 3.05) is 47.3 Å². The molecule has 4 heteroatoms. The highest BCUT2D eigenvalue weighted by Gasteiger charge is 2.17. The molecule has 0 N–H and O–H groups in total. The van der Waals surface area contributed by atoms with Gasteiger partial charge in [-0.3, -0.25) is 0 Å². The van der Waals surface area contributed by atoms with Gasteiger partial charge in [0.15, 0.2) is 0 Å². The fraction of sp³-hybridized carbons (Fsp3) is 0.500. The Morgan fingerprint density at radius 1 is 1.15 bits per heavy atom. The summed E-state index contributed by atoms with van der Waals surface area (Å²) in [7, 11) is 6.38. The first kappa shape index (κ1) is 20.2. The van der Waals surface area contributed by atoms with E-state index in [4.69, 9.17) is 0 Å². The second-order valence-corrected chi connectivity index (χ2v) is 7.34. The van der Waals surface area contributed by atoms with Gasteiger partial charge >= 0.3 is 0 Å². The Hall–Kier alpha value is -2.07. The van der Waals surface area contributed by atoms with Crippen LogP contribution in [0.3, 0.4) is 0 Å². The van der Waals surface area contributed by atoms with Gasteiger partial charge in [-0.1, -0.05) is 24.3 Å². The fourth-order valence-electron chi connectivity index (χ4n) is 3.29. The SMILES string of the molecule is C=N/C(=C\C(C1=C(C)C=CCC=C1)=C(/C)N(C)C)N1CCCN(C)CC1. The summed E-state index contributed by atoms with van der Waals surface area (Å²) in [6.07, 6.45) is 13.2. The summed E-state index contributed by atoms with van der Waals surface area (Å²) in [5.74, 6) is 0.971. The number of hydrogen-bond acceptors (Lipinski definition) is 4. The molecule has 0 aromatic carbocycles. The number of aliphatic imine (C=N–C) groups is 1. The van der Waals surface area contributed by atoms with Crippen LogP contribution < -0.4 is 0 Å². The van der Waals surface area contributed by atoms with Gasteiger partial charge in [0.25, 0.3) is 0 Å². The van der Waals surface area contributed by atoms with Gasteiger partial charge < -0.3 is 14.7 Å². The van der Waals surface area contributed by atoms with Gasteiger partial charge in [-0.05, 0) is 64.2 Å². The molecule has 0 spiro atoms. The van der Waals surface area contributed by atoms with Crippen molar-refractivity contribution >= 4 is 6.72 Å². The van der Waals surface area contributed by atoms with Crippen molar-refractivity contribution < 1.29 is 0 Å². The molecule has 1 saturated heterocycles. The highest BCUT2D eigenvalue weighted by Crippen LogP contribution is 2.27. The first-order valence-electron chi connectivity index (χ1n) is 9.48. The van der Waals surface area contributed by atoms with E-state index in [9.17, 15) is 0 Å². The van der Waals surface area contributed by atoms with E-state index in [1.54, 1.807) is 0 Å². The molecule has 0 unspecified atom stereocenters. The molecule has 0 radical (unpaired) electrons. The molecule has 2 aliphatic rings. The first-order valence-corrected chi connectivity index (χ1v) is 9.48. The Labute approximate surface area is 159 Å². The topological polar surface area (TPSA) is 22.1 Å². The Bertz CT molecular complexity index is 662. The molecule has 0 saturated carbocycles. The molecular formula is C22H34N4. The van der Waals surface area contributed by atoms with E-state index in [1.807, 2.05) is 0 Å². The van der Waals surface area contributed by atoms with E-state index >= 15 is 0 Å². The quantitative estimate of drug-likeness (QED) is 0.553. The average molecular weight is 355 g/mol. The summed E-state index contributed by atoms with van der Waals surface area (Å²) in [6.45, 7) is 12.4. The predicted molar refractivity (Wildman–Crippen MR) is 113 cm³/mol. The minimum Gasteiger partial charge on any atom is -0.381 e. The zero-order chi connectivity index (χ0) is 19.1. The number of rotatable bonds is 5. The molecule has 0 aromatic rings. The fourth-order valence-corrected chi connectivity index (χ4v) is 3.29. The smallest absolute Gasteiger partial charge is 0.128 e. The highest BCUT2D eigenvalue weighted by atomic mass is 15.3. The Kier molecular flexibility index (Phi) is 7.46. The van der Waals surface area contributed by atoms with Gasteiger partial charge in [0.05, 0.1) is 0 Å². The van der Waals surface area contributed by atoms with E-state index in [0.29, 0.717) is 0 Å². The molecule has 1 heterocycles. The molecule has 2 rings (SSSR count). The van der Waals surface area contributed by atoms with E-state index in [-0.39, 0.29) is 0 Å². The molecule has 0 aromatic heterocycles. The maximum Gasteiger partial charge on any atom is 0.128 e. The third-order valence-corrected chi connectivity index (χ3v) is 5.18. The number of nitrogens with zero attached hydrogens (tertiary/aromatic N) is 4. The lowest BCUT2D eigenvalue weighted by molar-refractivity contribution is 0.324. The molecule has 0 bridgehead atoms. The van der Waals surface area contributed by atoms with Crippen LogP contribution in [0.5, 0.6) is 0 Å². The van der Waals surface area contributed by atoms with E-state index in [0.717, 1.165) is 44.8 Å². The average Bonchev–Trinajstić information content (AvgIpc) is 2.96. The molecule has 1 aliphatic carbocycles. The minimum absolute atomic E-state index is 0.971. The number of likely N-dealkylation sites (N-methyl/N-ethyl adjacent to an activating group) is 1. The second kappa shape index (κ2) is 9.58. The highest BCUT2D eigenvalue weighted by molar-refractivity contribution is 5.55. The normalized spacial score (nSPS) is 20.7. The summed E-state index contributed by atoms with van der Waals surface area (Å²) >= 11 is 0. The molecule has 1 aliphatic heterocycles. The van der Waals surface area contributed by atoms with Crippen molar-refractivity contribution in [1.82, 2.24) is 14.7 Å². The summed E-state index contributed by atoms with van der Waals surface area (Å²) in [6, 6.07) is 0. The monoisotopic (exact) mass is 354 g/mol.